The lowest BCUT2D eigenvalue weighted by atomic mass is 10.2. The van der Waals surface area contributed by atoms with Gasteiger partial charge in [0.1, 0.15) is 5.82 Å². The third kappa shape index (κ3) is 3.18. The highest BCUT2D eigenvalue weighted by atomic mass is 79.9. The second-order valence-corrected chi connectivity index (χ2v) is 6.30. The monoisotopic (exact) mass is 412 g/mol. The molecule has 0 N–H and O–H groups in total. The maximum Gasteiger partial charge on any atom is 0.282 e. The lowest BCUT2D eigenvalue weighted by Gasteiger charge is -2.05. The van der Waals surface area contributed by atoms with E-state index in [1.54, 1.807) is 12.1 Å². The van der Waals surface area contributed by atoms with Gasteiger partial charge in [-0.1, -0.05) is 27.2 Å². The minimum Gasteiger partial charge on any atom is -0.332 e. The SMILES string of the molecule is O=c1ccn(-c2cccc(F)c2)nc1-c1nc(-c2ccc(Br)cc2)no1. The molecule has 4 aromatic rings. The summed E-state index contributed by atoms with van der Waals surface area (Å²) in [7, 11) is 0. The first-order valence-electron chi connectivity index (χ1n) is 7.56. The molecule has 0 aliphatic heterocycles. The molecular weight excluding hydrogens is 403 g/mol. The van der Waals surface area contributed by atoms with Crippen LogP contribution in [0.4, 0.5) is 4.39 Å². The quantitative estimate of drug-likeness (QED) is 0.510. The summed E-state index contributed by atoms with van der Waals surface area (Å²) in [5.74, 6) is -0.0617. The molecule has 0 fully saturated rings. The number of nitrogens with zero attached hydrogens (tertiary/aromatic N) is 4. The first-order valence-corrected chi connectivity index (χ1v) is 8.35. The Labute approximate surface area is 155 Å². The van der Waals surface area contributed by atoms with Crippen molar-refractivity contribution in [2.45, 2.75) is 0 Å². The molecule has 0 bridgehead atoms. The average Bonchev–Trinajstić information content (AvgIpc) is 3.12. The predicted molar refractivity (Wildman–Crippen MR) is 96.2 cm³/mol. The molecule has 2 heterocycles. The van der Waals surface area contributed by atoms with E-state index in [9.17, 15) is 9.18 Å². The molecule has 0 aliphatic carbocycles. The first-order chi connectivity index (χ1) is 12.6. The number of rotatable bonds is 3. The Kier molecular flexibility index (Phi) is 4.18. The molecule has 2 aromatic carbocycles. The molecule has 0 saturated heterocycles. The van der Waals surface area contributed by atoms with Gasteiger partial charge in [0.25, 0.3) is 5.89 Å². The largest absolute Gasteiger partial charge is 0.332 e. The molecule has 8 heteroatoms. The molecule has 6 nitrogen and oxygen atoms in total. The van der Waals surface area contributed by atoms with Gasteiger partial charge in [-0.2, -0.15) is 10.1 Å². The van der Waals surface area contributed by atoms with E-state index < -0.39 is 5.82 Å². The Morgan fingerprint density at radius 2 is 1.88 bits per heavy atom. The summed E-state index contributed by atoms with van der Waals surface area (Å²) in [6.45, 7) is 0. The molecule has 0 spiro atoms. The van der Waals surface area contributed by atoms with Crippen molar-refractivity contribution in [1.82, 2.24) is 19.9 Å². The molecule has 0 saturated carbocycles. The van der Waals surface area contributed by atoms with Crippen molar-refractivity contribution in [3.8, 4) is 28.7 Å². The highest BCUT2D eigenvalue weighted by molar-refractivity contribution is 9.10. The van der Waals surface area contributed by atoms with Crippen molar-refractivity contribution < 1.29 is 8.91 Å². The van der Waals surface area contributed by atoms with Crippen LogP contribution < -0.4 is 5.43 Å². The predicted octanol–water partition coefficient (Wildman–Crippen LogP) is 3.85. The van der Waals surface area contributed by atoms with Gasteiger partial charge in [0.2, 0.25) is 11.3 Å². The van der Waals surface area contributed by atoms with E-state index in [1.165, 1.54) is 29.1 Å². The first kappa shape index (κ1) is 16.3. The van der Waals surface area contributed by atoms with Crippen LogP contribution in [-0.4, -0.2) is 19.9 Å². The minimum absolute atomic E-state index is 0.00123. The van der Waals surface area contributed by atoms with E-state index in [-0.39, 0.29) is 17.0 Å². The van der Waals surface area contributed by atoms with E-state index >= 15 is 0 Å². The zero-order valence-corrected chi connectivity index (χ0v) is 14.7. The second kappa shape index (κ2) is 6.64. The van der Waals surface area contributed by atoms with Gasteiger partial charge in [-0.25, -0.2) is 9.07 Å². The van der Waals surface area contributed by atoms with Crippen molar-refractivity contribution in [3.63, 3.8) is 0 Å². The van der Waals surface area contributed by atoms with Crippen LogP contribution in [0.1, 0.15) is 0 Å². The zero-order valence-electron chi connectivity index (χ0n) is 13.1. The standard InChI is InChI=1S/C18H10BrFN4O2/c19-12-6-4-11(5-7-12)17-21-18(26-23-17)16-15(25)8-9-24(22-16)14-3-1-2-13(20)10-14/h1-10H. The van der Waals surface area contributed by atoms with Gasteiger partial charge in [-0.15, -0.1) is 0 Å². The van der Waals surface area contributed by atoms with E-state index in [2.05, 4.69) is 31.2 Å². The van der Waals surface area contributed by atoms with Crippen molar-refractivity contribution in [1.29, 1.82) is 0 Å². The summed E-state index contributed by atoms with van der Waals surface area (Å²) in [6, 6.07) is 14.5. The molecule has 26 heavy (non-hydrogen) atoms. The fourth-order valence-corrected chi connectivity index (χ4v) is 2.62. The second-order valence-electron chi connectivity index (χ2n) is 5.38. The third-order valence-electron chi connectivity index (χ3n) is 3.61. The number of hydrogen-bond donors (Lipinski definition) is 0. The van der Waals surface area contributed by atoms with E-state index in [0.717, 1.165) is 10.0 Å². The van der Waals surface area contributed by atoms with Crippen LogP contribution in [0, 0.1) is 5.82 Å². The summed E-state index contributed by atoms with van der Waals surface area (Å²) in [4.78, 5) is 16.4. The van der Waals surface area contributed by atoms with Crippen LogP contribution in [0.5, 0.6) is 0 Å². The van der Waals surface area contributed by atoms with Gasteiger partial charge in [0.05, 0.1) is 5.69 Å². The van der Waals surface area contributed by atoms with Gasteiger partial charge < -0.3 is 4.52 Å². The minimum atomic E-state index is -0.403. The smallest absolute Gasteiger partial charge is 0.282 e. The fraction of sp³-hybridized carbons (Fsp3) is 0. The maximum absolute atomic E-state index is 13.4. The lowest BCUT2D eigenvalue weighted by Crippen LogP contribution is -2.12. The van der Waals surface area contributed by atoms with Gasteiger partial charge in [0, 0.05) is 22.3 Å². The molecule has 0 radical (unpaired) electrons. The summed E-state index contributed by atoms with van der Waals surface area (Å²) >= 11 is 3.36. The third-order valence-corrected chi connectivity index (χ3v) is 4.14. The molecule has 0 unspecified atom stereocenters. The molecule has 128 valence electrons. The summed E-state index contributed by atoms with van der Waals surface area (Å²) < 4.78 is 20.9. The van der Waals surface area contributed by atoms with Crippen LogP contribution in [-0.2, 0) is 0 Å². The number of halogens is 2. The Bertz CT molecular complexity index is 1140. The Balaban J connectivity index is 1.75. The fourth-order valence-electron chi connectivity index (χ4n) is 2.35. The van der Waals surface area contributed by atoms with Gasteiger partial charge in [-0.3, -0.25) is 4.79 Å². The van der Waals surface area contributed by atoms with Crippen LogP contribution in [0.2, 0.25) is 0 Å². The summed E-state index contributed by atoms with van der Waals surface area (Å²) in [5.41, 5.74) is 0.833. The zero-order chi connectivity index (χ0) is 18.1. The number of benzene rings is 2. The van der Waals surface area contributed by atoms with E-state index in [0.29, 0.717) is 11.5 Å². The maximum atomic E-state index is 13.4. The Hall–Kier alpha value is -3.13. The van der Waals surface area contributed by atoms with Crippen molar-refractivity contribution in [2.75, 3.05) is 0 Å². The Morgan fingerprint density at radius 3 is 2.65 bits per heavy atom. The lowest BCUT2D eigenvalue weighted by molar-refractivity contribution is 0.429. The van der Waals surface area contributed by atoms with Gasteiger partial charge in [-0.05, 0) is 42.5 Å². The molecule has 2 aromatic heterocycles. The van der Waals surface area contributed by atoms with E-state index in [4.69, 9.17) is 4.52 Å². The van der Waals surface area contributed by atoms with Crippen molar-refractivity contribution in [3.05, 3.63) is 81.3 Å². The van der Waals surface area contributed by atoms with Gasteiger partial charge in [0.15, 0.2) is 5.69 Å². The topological polar surface area (TPSA) is 73.8 Å². The molecule has 0 amide bonds. The number of aromatic nitrogens is 4. The normalized spacial score (nSPS) is 10.8. The Morgan fingerprint density at radius 1 is 1.08 bits per heavy atom. The summed E-state index contributed by atoms with van der Waals surface area (Å²) in [5, 5.41) is 8.11. The van der Waals surface area contributed by atoms with E-state index in [1.807, 2.05) is 24.3 Å². The number of hydrogen-bond acceptors (Lipinski definition) is 5. The van der Waals surface area contributed by atoms with Crippen LogP contribution in [0.25, 0.3) is 28.7 Å². The average molecular weight is 413 g/mol. The van der Waals surface area contributed by atoms with Crippen molar-refractivity contribution >= 4 is 15.9 Å². The highest BCUT2D eigenvalue weighted by Gasteiger charge is 2.16. The van der Waals surface area contributed by atoms with Crippen LogP contribution >= 0.6 is 15.9 Å². The summed E-state index contributed by atoms with van der Waals surface area (Å²) in [6.07, 6.45) is 1.45. The van der Waals surface area contributed by atoms with Crippen molar-refractivity contribution in [2.24, 2.45) is 0 Å². The van der Waals surface area contributed by atoms with Crippen LogP contribution in [0.3, 0.4) is 0 Å². The highest BCUT2D eigenvalue weighted by Crippen LogP contribution is 2.21. The molecule has 4 rings (SSSR count). The molecular formula is C18H10BrFN4O2. The molecule has 0 aliphatic rings. The van der Waals surface area contributed by atoms with Crippen LogP contribution in [0.15, 0.2) is 74.6 Å². The molecule has 0 atom stereocenters. The van der Waals surface area contributed by atoms with Gasteiger partial charge >= 0.3 is 0 Å².